The van der Waals surface area contributed by atoms with Gasteiger partial charge in [-0.1, -0.05) is 24.8 Å². The van der Waals surface area contributed by atoms with E-state index in [1.807, 2.05) is 23.5 Å². The number of aromatic nitrogens is 1. The SMILES string of the molecule is Bc1ccc(CNC2CCN(CCn3c(/C=C\C=C)c(N)ccc3=O)CC2)s1. The predicted octanol–water partition coefficient (Wildman–Crippen LogP) is 1.20. The number of thiophene rings is 1. The molecule has 28 heavy (non-hydrogen) atoms. The molecule has 0 aromatic carbocycles. The lowest BCUT2D eigenvalue weighted by molar-refractivity contribution is 0.190. The van der Waals surface area contributed by atoms with E-state index in [1.165, 1.54) is 9.65 Å². The number of pyridine rings is 1. The van der Waals surface area contributed by atoms with Crippen molar-refractivity contribution < 1.29 is 0 Å². The fraction of sp³-hybridized carbons (Fsp3) is 0.381. The molecule has 2 aromatic rings. The number of nitrogens with one attached hydrogen (secondary N) is 1. The van der Waals surface area contributed by atoms with Crippen LogP contribution in [0.5, 0.6) is 0 Å². The van der Waals surface area contributed by atoms with Gasteiger partial charge in [-0.3, -0.25) is 4.79 Å². The van der Waals surface area contributed by atoms with E-state index >= 15 is 0 Å². The molecule has 0 aliphatic carbocycles. The molecule has 7 heteroatoms. The monoisotopic (exact) mass is 396 g/mol. The third kappa shape index (κ3) is 5.47. The predicted molar refractivity (Wildman–Crippen MR) is 123 cm³/mol. The first-order valence-corrected chi connectivity index (χ1v) is 10.7. The Labute approximate surface area is 172 Å². The first kappa shape index (κ1) is 20.6. The zero-order valence-corrected chi connectivity index (χ0v) is 17.4. The normalized spacial score (nSPS) is 16.0. The number of nitrogens with two attached hydrogens (primary N) is 1. The van der Waals surface area contributed by atoms with E-state index in [0.717, 1.165) is 44.7 Å². The number of hydrogen-bond donors (Lipinski definition) is 2. The summed E-state index contributed by atoms with van der Waals surface area (Å²) in [5.74, 6) is 0. The van der Waals surface area contributed by atoms with Crippen LogP contribution in [0.25, 0.3) is 6.08 Å². The van der Waals surface area contributed by atoms with Gasteiger partial charge in [0.1, 0.15) is 0 Å². The summed E-state index contributed by atoms with van der Waals surface area (Å²) in [5.41, 5.74) is 7.44. The van der Waals surface area contributed by atoms with Gasteiger partial charge < -0.3 is 20.5 Å². The molecule has 5 nitrogen and oxygen atoms in total. The minimum Gasteiger partial charge on any atom is -0.397 e. The van der Waals surface area contributed by atoms with Crippen LogP contribution in [0.2, 0.25) is 0 Å². The third-order valence-corrected chi connectivity index (χ3v) is 6.24. The molecule has 0 radical (unpaired) electrons. The second-order valence-corrected chi connectivity index (χ2v) is 8.64. The molecule has 2 aromatic heterocycles. The Kier molecular flexibility index (Phi) is 7.31. The highest BCUT2D eigenvalue weighted by molar-refractivity contribution is 7.20. The molecule has 0 unspecified atom stereocenters. The molecule has 0 atom stereocenters. The van der Waals surface area contributed by atoms with E-state index in [4.69, 9.17) is 5.73 Å². The van der Waals surface area contributed by atoms with Crippen LogP contribution in [-0.4, -0.2) is 43.0 Å². The minimum absolute atomic E-state index is 0.0132. The molecule has 3 N–H and O–H groups in total. The number of piperidine rings is 1. The Morgan fingerprint density at radius 1 is 1.25 bits per heavy atom. The summed E-state index contributed by atoms with van der Waals surface area (Å²) in [6.07, 6.45) is 7.63. The molecule has 1 aliphatic heterocycles. The molecule has 1 fully saturated rings. The highest BCUT2D eigenvalue weighted by atomic mass is 32.1. The molecular formula is C21H29BN4OS. The van der Waals surface area contributed by atoms with Crippen LogP contribution in [0.4, 0.5) is 5.69 Å². The molecule has 0 bridgehead atoms. The van der Waals surface area contributed by atoms with Crippen molar-refractivity contribution in [2.24, 2.45) is 0 Å². The molecule has 0 spiro atoms. The van der Waals surface area contributed by atoms with Gasteiger partial charge in [-0.2, -0.15) is 11.3 Å². The van der Waals surface area contributed by atoms with Crippen LogP contribution >= 0.6 is 11.3 Å². The lowest BCUT2D eigenvalue weighted by Crippen LogP contribution is -2.43. The van der Waals surface area contributed by atoms with E-state index in [1.54, 1.807) is 22.8 Å². The minimum atomic E-state index is -0.0132. The van der Waals surface area contributed by atoms with Crippen molar-refractivity contribution in [3.8, 4) is 0 Å². The van der Waals surface area contributed by atoms with Crippen molar-refractivity contribution in [2.75, 3.05) is 25.4 Å². The molecular weight excluding hydrogens is 367 g/mol. The zero-order chi connectivity index (χ0) is 19.9. The van der Waals surface area contributed by atoms with Gasteiger partial charge >= 0.3 is 0 Å². The number of rotatable bonds is 8. The van der Waals surface area contributed by atoms with Crippen molar-refractivity contribution in [1.29, 1.82) is 0 Å². The second kappa shape index (κ2) is 9.91. The Morgan fingerprint density at radius 3 is 2.71 bits per heavy atom. The standard InChI is InChI=1S/C21H29BN4OS/c1-2-3-4-19-18(23)6-8-21(27)26(19)14-13-25-11-9-16(10-12-25)24-15-17-5-7-20(22)28-17/h2-8,16,24H,1,9-15,22-23H2/b4-3-. The Hall–Kier alpha value is -2.09. The van der Waals surface area contributed by atoms with Crippen LogP contribution in [0, 0.1) is 0 Å². The maximum atomic E-state index is 12.3. The Balaban J connectivity index is 1.50. The van der Waals surface area contributed by atoms with Gasteiger partial charge in [0, 0.05) is 36.6 Å². The number of likely N-dealkylation sites (tertiary alicyclic amines) is 1. The molecule has 148 valence electrons. The largest absolute Gasteiger partial charge is 0.397 e. The molecule has 0 amide bonds. The highest BCUT2D eigenvalue weighted by Gasteiger charge is 2.19. The highest BCUT2D eigenvalue weighted by Crippen LogP contribution is 2.14. The number of hydrogen-bond acceptors (Lipinski definition) is 5. The van der Waals surface area contributed by atoms with Crippen LogP contribution in [0.1, 0.15) is 23.4 Å². The maximum Gasteiger partial charge on any atom is 0.251 e. The number of anilines is 1. The van der Waals surface area contributed by atoms with Gasteiger partial charge in [0.05, 0.1) is 11.4 Å². The summed E-state index contributed by atoms with van der Waals surface area (Å²) in [5, 5.41) is 3.69. The van der Waals surface area contributed by atoms with Crippen LogP contribution < -0.4 is 21.4 Å². The Bertz CT molecular complexity index is 881. The molecule has 3 rings (SSSR count). The van der Waals surface area contributed by atoms with Gasteiger partial charge in [0.2, 0.25) is 0 Å². The fourth-order valence-electron chi connectivity index (χ4n) is 3.61. The van der Waals surface area contributed by atoms with E-state index in [0.29, 0.717) is 18.3 Å². The summed E-state index contributed by atoms with van der Waals surface area (Å²) in [4.78, 5) is 16.2. The van der Waals surface area contributed by atoms with E-state index in [9.17, 15) is 4.79 Å². The second-order valence-electron chi connectivity index (χ2n) is 7.27. The van der Waals surface area contributed by atoms with E-state index < -0.39 is 0 Å². The Morgan fingerprint density at radius 2 is 2.04 bits per heavy atom. The van der Waals surface area contributed by atoms with Crippen molar-refractivity contribution in [3.63, 3.8) is 0 Å². The zero-order valence-electron chi connectivity index (χ0n) is 16.6. The van der Waals surface area contributed by atoms with Gasteiger partial charge in [0.15, 0.2) is 7.85 Å². The molecule has 1 saturated heterocycles. The third-order valence-electron chi connectivity index (χ3n) is 5.24. The van der Waals surface area contributed by atoms with Gasteiger partial charge in [-0.25, -0.2) is 0 Å². The lowest BCUT2D eigenvalue weighted by Gasteiger charge is -2.32. The maximum absolute atomic E-state index is 12.3. The quantitative estimate of drug-likeness (QED) is 0.520. The van der Waals surface area contributed by atoms with Crippen molar-refractivity contribution in [3.05, 3.63) is 63.9 Å². The van der Waals surface area contributed by atoms with Gasteiger partial charge in [-0.05, 0) is 48.9 Å². The van der Waals surface area contributed by atoms with E-state index in [-0.39, 0.29) is 5.56 Å². The average Bonchev–Trinajstić information content (AvgIpc) is 3.12. The average molecular weight is 396 g/mol. The molecule has 3 heterocycles. The van der Waals surface area contributed by atoms with Crippen molar-refractivity contribution in [2.45, 2.75) is 32.0 Å². The van der Waals surface area contributed by atoms with Crippen molar-refractivity contribution >= 4 is 35.7 Å². The first-order chi connectivity index (χ1) is 13.6. The summed E-state index contributed by atoms with van der Waals surface area (Å²) in [6.45, 7) is 8.26. The summed E-state index contributed by atoms with van der Waals surface area (Å²) in [6, 6.07) is 8.18. The smallest absolute Gasteiger partial charge is 0.251 e. The summed E-state index contributed by atoms with van der Waals surface area (Å²) < 4.78 is 3.13. The summed E-state index contributed by atoms with van der Waals surface area (Å²) in [7, 11) is 2.15. The fourth-order valence-corrected chi connectivity index (χ4v) is 4.46. The number of nitrogens with zero attached hydrogens (tertiary/aromatic N) is 2. The lowest BCUT2D eigenvalue weighted by atomic mass is 10.0. The molecule has 1 aliphatic rings. The number of nitrogen functional groups attached to an aromatic ring is 1. The van der Waals surface area contributed by atoms with Crippen molar-refractivity contribution in [1.82, 2.24) is 14.8 Å². The number of allylic oxidation sites excluding steroid dienone is 2. The first-order valence-electron chi connectivity index (χ1n) is 9.86. The topological polar surface area (TPSA) is 63.3 Å². The summed E-state index contributed by atoms with van der Waals surface area (Å²) >= 11 is 1.86. The van der Waals surface area contributed by atoms with Crippen LogP contribution in [-0.2, 0) is 13.1 Å². The van der Waals surface area contributed by atoms with Gasteiger partial charge in [0.25, 0.3) is 5.56 Å². The van der Waals surface area contributed by atoms with E-state index in [2.05, 4.69) is 36.8 Å². The molecule has 0 saturated carbocycles. The van der Waals surface area contributed by atoms with Gasteiger partial charge in [-0.15, -0.1) is 0 Å². The van der Waals surface area contributed by atoms with Crippen LogP contribution in [0.3, 0.4) is 0 Å². The van der Waals surface area contributed by atoms with Crippen LogP contribution in [0.15, 0.2) is 47.8 Å².